The fraction of sp³-hybridized carbons (Fsp3) is 0.0952. The lowest BCUT2D eigenvalue weighted by atomic mass is 10.0. The number of anilines is 3. The summed E-state index contributed by atoms with van der Waals surface area (Å²) in [5.74, 6) is -0.922. The van der Waals surface area contributed by atoms with E-state index < -0.39 is 36.0 Å². The van der Waals surface area contributed by atoms with E-state index in [0.29, 0.717) is 33.9 Å². The molecule has 2 aromatic heterocycles. The van der Waals surface area contributed by atoms with Crippen LogP contribution in [-0.4, -0.2) is 76.7 Å². The molecule has 278 valence electrons. The van der Waals surface area contributed by atoms with Crippen molar-refractivity contribution in [3.8, 4) is 0 Å². The van der Waals surface area contributed by atoms with Gasteiger partial charge in [-0.05, 0) is 24.3 Å². The Kier molecular flexibility index (Phi) is 10.8. The molecule has 0 fully saturated rings. The first-order valence-corrected chi connectivity index (χ1v) is 17.6. The Morgan fingerprint density at radius 1 is 0.589 bits per heavy atom. The van der Waals surface area contributed by atoms with Crippen molar-refractivity contribution in [2.24, 2.45) is 9.98 Å². The van der Waals surface area contributed by atoms with Crippen LogP contribution in [0.2, 0.25) is 0 Å². The smallest absolute Gasteiger partial charge is 0.269 e. The first-order valence-electron chi connectivity index (χ1n) is 17.6. The van der Waals surface area contributed by atoms with Gasteiger partial charge in [0.15, 0.2) is 0 Å². The average Bonchev–Trinajstić information content (AvgIpc) is 3.69. The average molecular weight is 745 g/mol. The molecule has 0 bridgehead atoms. The second-order valence-corrected chi connectivity index (χ2v) is 12.8. The molecule has 56 heavy (non-hydrogen) atoms. The highest BCUT2D eigenvalue weighted by Crippen LogP contribution is 2.25. The standard InChI is InChI=1S/C23H21N5O2.C19H15N5O2/c1-28(2)19-13-12-16(14-24-19)22(29)27-21-23(30)25-18-11-7-6-10-17(18)20(26-21)15-8-4-3-5-9-15;25-18(13-10-20-21-11-13)24-17-19(26)22-15-9-5-4-8-14(15)16(23-17)12-6-2-1-3-7-12/h3-14,21H,1-2H3,(H,25,30)(H,27,29);1-11,17H,(H,20,21)(H,22,26)(H,24,25). The summed E-state index contributed by atoms with van der Waals surface area (Å²) in [4.78, 5) is 65.8. The van der Waals surface area contributed by atoms with Gasteiger partial charge in [0.2, 0.25) is 12.3 Å². The number of para-hydroxylation sites is 2. The molecule has 5 N–H and O–H groups in total. The molecular weight excluding hydrogens is 709 g/mol. The number of rotatable bonds is 7. The maximum atomic E-state index is 12.8. The van der Waals surface area contributed by atoms with Gasteiger partial charge in [0.05, 0.1) is 40.1 Å². The molecule has 4 heterocycles. The Labute approximate surface area is 321 Å². The third kappa shape index (κ3) is 8.24. The number of amides is 4. The van der Waals surface area contributed by atoms with Crippen LogP contribution < -0.4 is 26.2 Å². The summed E-state index contributed by atoms with van der Waals surface area (Å²) in [5.41, 5.74) is 6.57. The highest BCUT2D eigenvalue weighted by molar-refractivity contribution is 6.21. The molecule has 0 radical (unpaired) electrons. The number of aromatic nitrogens is 3. The third-order valence-corrected chi connectivity index (χ3v) is 8.75. The molecule has 14 heteroatoms. The van der Waals surface area contributed by atoms with E-state index in [2.05, 4.69) is 46.4 Å². The van der Waals surface area contributed by atoms with Crippen molar-refractivity contribution < 1.29 is 19.2 Å². The van der Waals surface area contributed by atoms with E-state index in [0.717, 1.165) is 28.1 Å². The minimum Gasteiger partial charge on any atom is -0.363 e. The minimum absolute atomic E-state index is 0.330. The van der Waals surface area contributed by atoms with Crippen LogP contribution in [0.25, 0.3) is 0 Å². The number of carbonyl (C=O) groups is 4. The molecule has 0 saturated heterocycles. The van der Waals surface area contributed by atoms with Crippen molar-refractivity contribution >= 4 is 52.2 Å². The van der Waals surface area contributed by atoms with Gasteiger partial charge in [0.25, 0.3) is 23.6 Å². The summed E-state index contributed by atoms with van der Waals surface area (Å²) < 4.78 is 0. The first kappa shape index (κ1) is 36.6. The topological polar surface area (TPSA) is 186 Å². The Bertz CT molecular complexity index is 2430. The molecule has 2 aliphatic heterocycles. The summed E-state index contributed by atoms with van der Waals surface area (Å²) >= 11 is 0. The van der Waals surface area contributed by atoms with Gasteiger partial charge in [-0.2, -0.15) is 5.10 Å². The van der Waals surface area contributed by atoms with Gasteiger partial charge in [0, 0.05) is 48.7 Å². The van der Waals surface area contributed by atoms with Crippen LogP contribution in [0.5, 0.6) is 0 Å². The molecule has 14 nitrogen and oxygen atoms in total. The predicted octanol–water partition coefficient (Wildman–Crippen LogP) is 4.65. The largest absolute Gasteiger partial charge is 0.363 e. The Morgan fingerprint density at radius 3 is 1.52 bits per heavy atom. The van der Waals surface area contributed by atoms with E-state index in [1.165, 1.54) is 18.6 Å². The van der Waals surface area contributed by atoms with Crippen LogP contribution in [0.15, 0.2) is 150 Å². The fourth-order valence-corrected chi connectivity index (χ4v) is 5.94. The van der Waals surface area contributed by atoms with Crippen LogP contribution in [0.1, 0.15) is 43.0 Å². The van der Waals surface area contributed by atoms with Crippen LogP contribution >= 0.6 is 0 Å². The van der Waals surface area contributed by atoms with Crippen molar-refractivity contribution in [1.82, 2.24) is 25.8 Å². The zero-order valence-electron chi connectivity index (χ0n) is 30.3. The summed E-state index contributed by atoms with van der Waals surface area (Å²) in [5, 5.41) is 17.4. The van der Waals surface area contributed by atoms with Gasteiger partial charge in [0.1, 0.15) is 5.82 Å². The summed E-state index contributed by atoms with van der Waals surface area (Å²) in [6.45, 7) is 0. The second kappa shape index (κ2) is 16.5. The molecule has 6 aromatic rings. The van der Waals surface area contributed by atoms with Crippen LogP contribution in [0.3, 0.4) is 0 Å². The number of nitrogens with zero attached hydrogens (tertiary/aromatic N) is 5. The Balaban J connectivity index is 0.000000173. The number of aliphatic imine (C=N–C) groups is 2. The Hall–Kier alpha value is -7.74. The lowest BCUT2D eigenvalue weighted by Crippen LogP contribution is -2.42. The lowest BCUT2D eigenvalue weighted by molar-refractivity contribution is -0.118. The summed E-state index contributed by atoms with van der Waals surface area (Å²) in [6, 6.07) is 37.4. The zero-order valence-corrected chi connectivity index (χ0v) is 30.3. The molecule has 0 saturated carbocycles. The van der Waals surface area contributed by atoms with Gasteiger partial charge < -0.3 is 26.2 Å². The van der Waals surface area contributed by atoms with Crippen LogP contribution in [0.4, 0.5) is 17.2 Å². The molecular formula is C42H36N10O4. The maximum absolute atomic E-state index is 12.8. The van der Waals surface area contributed by atoms with Gasteiger partial charge in [-0.3, -0.25) is 24.3 Å². The van der Waals surface area contributed by atoms with E-state index in [-0.39, 0.29) is 0 Å². The Morgan fingerprint density at radius 2 is 1.07 bits per heavy atom. The third-order valence-electron chi connectivity index (χ3n) is 8.75. The molecule has 0 spiro atoms. The van der Waals surface area contributed by atoms with E-state index in [1.54, 1.807) is 12.1 Å². The van der Waals surface area contributed by atoms with Gasteiger partial charge >= 0.3 is 0 Å². The number of aromatic amines is 1. The number of H-pyrrole nitrogens is 1. The number of carbonyl (C=O) groups excluding carboxylic acids is 4. The quantitative estimate of drug-likeness (QED) is 0.158. The second-order valence-electron chi connectivity index (χ2n) is 12.8. The number of hydrogen-bond acceptors (Lipinski definition) is 9. The van der Waals surface area contributed by atoms with E-state index in [9.17, 15) is 19.2 Å². The van der Waals surface area contributed by atoms with Gasteiger partial charge in [-0.1, -0.05) is 97.1 Å². The van der Waals surface area contributed by atoms with Gasteiger partial charge in [-0.25, -0.2) is 15.0 Å². The SMILES string of the molecule is CN(C)c1ccc(C(=O)NC2N=C(c3ccccc3)c3ccccc3NC2=O)cn1.O=C(NC1N=C(c2ccccc2)c2ccccc2NC1=O)c1cn[nH]c1. The van der Waals surface area contributed by atoms with Crippen LogP contribution in [0, 0.1) is 0 Å². The van der Waals surface area contributed by atoms with Crippen molar-refractivity contribution in [2.75, 3.05) is 29.6 Å². The number of benzene rings is 4. The van der Waals surface area contributed by atoms with Crippen molar-refractivity contribution in [3.63, 3.8) is 0 Å². The summed E-state index contributed by atoms with van der Waals surface area (Å²) in [6.07, 6.45) is 2.20. The van der Waals surface area contributed by atoms with E-state index >= 15 is 0 Å². The maximum Gasteiger partial charge on any atom is 0.269 e. The highest BCUT2D eigenvalue weighted by Gasteiger charge is 2.29. The van der Waals surface area contributed by atoms with E-state index in [1.807, 2.05) is 128 Å². The number of nitrogens with one attached hydrogen (secondary N) is 5. The molecule has 4 amide bonds. The van der Waals surface area contributed by atoms with Crippen molar-refractivity contribution in [1.29, 1.82) is 0 Å². The van der Waals surface area contributed by atoms with Crippen molar-refractivity contribution in [3.05, 3.63) is 173 Å². The first-order chi connectivity index (χ1) is 27.2. The van der Waals surface area contributed by atoms with Gasteiger partial charge in [-0.15, -0.1) is 0 Å². The number of benzodiazepines with no additional fused rings is 2. The molecule has 2 aliphatic rings. The molecule has 2 unspecified atom stereocenters. The number of fused-ring (bicyclic) bond motifs is 2. The number of hydrogen-bond donors (Lipinski definition) is 5. The zero-order chi connectivity index (χ0) is 39.0. The summed E-state index contributed by atoms with van der Waals surface area (Å²) in [7, 11) is 3.74. The number of pyridine rings is 1. The van der Waals surface area contributed by atoms with E-state index in [4.69, 9.17) is 0 Å². The van der Waals surface area contributed by atoms with Crippen molar-refractivity contribution in [2.45, 2.75) is 12.3 Å². The predicted molar refractivity (Wildman–Crippen MR) is 214 cm³/mol. The fourth-order valence-electron chi connectivity index (χ4n) is 5.94. The lowest BCUT2D eigenvalue weighted by Gasteiger charge is -2.14. The minimum atomic E-state index is -1.08. The molecule has 0 aliphatic carbocycles. The monoisotopic (exact) mass is 744 g/mol. The molecule has 2 atom stereocenters. The molecule has 8 rings (SSSR count). The van der Waals surface area contributed by atoms with Crippen LogP contribution in [-0.2, 0) is 9.59 Å². The molecule has 4 aromatic carbocycles. The highest BCUT2D eigenvalue weighted by atomic mass is 16.2. The normalized spacial score (nSPS) is 15.7.